The molecule has 0 saturated carbocycles. The number of hydrogen-bond donors (Lipinski definition) is 0. The fourth-order valence-electron chi connectivity index (χ4n) is 0.893. The van der Waals surface area contributed by atoms with E-state index in [1.165, 1.54) is 30.5 Å². The van der Waals surface area contributed by atoms with Crippen LogP contribution in [0, 0.1) is 5.82 Å². The molecule has 1 aromatic carbocycles. The molecule has 0 radical (unpaired) electrons. The van der Waals surface area contributed by atoms with Crippen molar-refractivity contribution in [3.8, 4) is 5.75 Å². The molecule has 0 spiro atoms. The Balaban J connectivity index is 2.55. The number of aliphatic imine (C=N–C) groups is 1. The van der Waals surface area contributed by atoms with Crippen molar-refractivity contribution < 1.29 is 9.13 Å². The lowest BCUT2D eigenvalue weighted by Crippen LogP contribution is -1.94. The third-order valence-corrected chi connectivity index (χ3v) is 1.52. The third-order valence-electron chi connectivity index (χ3n) is 1.52. The molecule has 0 N–H and O–H groups in total. The van der Waals surface area contributed by atoms with Gasteiger partial charge >= 0.3 is 0 Å². The van der Waals surface area contributed by atoms with Crippen LogP contribution in [-0.2, 0) is 0 Å². The molecule has 0 aliphatic rings. The van der Waals surface area contributed by atoms with Gasteiger partial charge < -0.3 is 4.74 Å². The van der Waals surface area contributed by atoms with E-state index in [1.807, 2.05) is 6.92 Å². The molecule has 1 aromatic rings. The molecular weight excluding hydrogens is 193 g/mol. The first-order valence-corrected chi connectivity index (χ1v) is 4.49. The molecule has 15 heavy (non-hydrogen) atoms. The Morgan fingerprint density at radius 2 is 2.07 bits per heavy atom. The predicted octanol–water partition coefficient (Wildman–Crippen LogP) is 3.32. The summed E-state index contributed by atoms with van der Waals surface area (Å²) >= 11 is 0. The Labute approximate surface area is 88.4 Å². The molecule has 0 aliphatic heterocycles. The van der Waals surface area contributed by atoms with E-state index >= 15 is 0 Å². The highest BCUT2D eigenvalue weighted by Crippen LogP contribution is 2.12. The summed E-state index contributed by atoms with van der Waals surface area (Å²) in [6, 6.07) is 5.71. The second-order valence-corrected chi connectivity index (χ2v) is 2.78. The molecule has 0 aromatic heterocycles. The summed E-state index contributed by atoms with van der Waals surface area (Å²) in [5.74, 6) is 0.642. The van der Waals surface area contributed by atoms with Crippen LogP contribution >= 0.6 is 0 Å². The van der Waals surface area contributed by atoms with Crippen LogP contribution in [0.2, 0.25) is 0 Å². The van der Waals surface area contributed by atoms with Crippen molar-refractivity contribution in [2.45, 2.75) is 6.92 Å². The number of rotatable bonds is 4. The predicted molar refractivity (Wildman–Crippen MR) is 59.5 cm³/mol. The maximum absolute atomic E-state index is 12.6. The van der Waals surface area contributed by atoms with Crippen LogP contribution < -0.4 is 4.74 Å². The quantitative estimate of drug-likeness (QED) is 0.545. The van der Waals surface area contributed by atoms with Crippen LogP contribution in [0.1, 0.15) is 6.92 Å². The van der Waals surface area contributed by atoms with Gasteiger partial charge in [0.05, 0.1) is 6.21 Å². The van der Waals surface area contributed by atoms with Gasteiger partial charge in [0.15, 0.2) is 0 Å². The molecule has 1 rings (SSSR count). The van der Waals surface area contributed by atoms with Gasteiger partial charge in [0.25, 0.3) is 0 Å². The molecule has 0 amide bonds. The molecule has 0 aliphatic carbocycles. The summed E-state index contributed by atoms with van der Waals surface area (Å²) in [4.78, 5) is 3.90. The van der Waals surface area contributed by atoms with Gasteiger partial charge in [-0.1, -0.05) is 12.7 Å². The van der Waals surface area contributed by atoms with E-state index < -0.39 is 0 Å². The van der Waals surface area contributed by atoms with Gasteiger partial charge in [-0.05, 0) is 31.2 Å². The van der Waals surface area contributed by atoms with Gasteiger partial charge in [0.2, 0.25) is 0 Å². The molecule has 78 valence electrons. The molecule has 0 heterocycles. The van der Waals surface area contributed by atoms with Gasteiger partial charge in [0, 0.05) is 6.20 Å². The summed E-state index contributed by atoms with van der Waals surface area (Å²) in [6.07, 6.45) is 4.91. The second-order valence-electron chi connectivity index (χ2n) is 2.78. The zero-order valence-electron chi connectivity index (χ0n) is 8.48. The van der Waals surface area contributed by atoms with E-state index in [-0.39, 0.29) is 5.82 Å². The summed E-state index contributed by atoms with van der Waals surface area (Å²) < 4.78 is 17.8. The van der Waals surface area contributed by atoms with Gasteiger partial charge in [-0.25, -0.2) is 4.39 Å². The Bertz CT molecular complexity index is 379. The van der Waals surface area contributed by atoms with Gasteiger partial charge in [-0.15, -0.1) is 0 Å². The lowest BCUT2D eigenvalue weighted by atomic mass is 10.3. The molecule has 0 unspecified atom stereocenters. The van der Waals surface area contributed by atoms with E-state index in [2.05, 4.69) is 11.6 Å². The van der Waals surface area contributed by atoms with E-state index in [0.29, 0.717) is 11.5 Å². The van der Waals surface area contributed by atoms with E-state index in [1.54, 1.807) is 12.3 Å². The molecule has 2 nitrogen and oxygen atoms in total. The SMILES string of the molecule is C=C(C=N/C=C\C)Oc1ccc(F)cc1. The van der Waals surface area contributed by atoms with E-state index in [0.717, 1.165) is 0 Å². The van der Waals surface area contributed by atoms with Crippen LogP contribution in [0.4, 0.5) is 4.39 Å². The van der Waals surface area contributed by atoms with Crippen LogP contribution in [0.25, 0.3) is 0 Å². The van der Waals surface area contributed by atoms with E-state index in [9.17, 15) is 4.39 Å². The standard InChI is InChI=1S/C12H12FNO/c1-3-8-14-9-10(2)15-12-6-4-11(13)5-7-12/h3-9H,2H2,1H3/b8-3-,14-9?. The number of allylic oxidation sites excluding steroid dienone is 2. The van der Waals surface area contributed by atoms with Crippen molar-refractivity contribution in [3.63, 3.8) is 0 Å². The maximum Gasteiger partial charge on any atom is 0.138 e. The molecular formula is C12H12FNO. The number of hydrogen-bond acceptors (Lipinski definition) is 2. The summed E-state index contributed by atoms with van der Waals surface area (Å²) in [5.41, 5.74) is 0. The van der Waals surface area contributed by atoms with Crippen LogP contribution in [-0.4, -0.2) is 6.21 Å². The molecule has 0 bridgehead atoms. The zero-order valence-corrected chi connectivity index (χ0v) is 8.48. The van der Waals surface area contributed by atoms with Crippen molar-refractivity contribution in [1.82, 2.24) is 0 Å². The van der Waals surface area contributed by atoms with Crippen molar-refractivity contribution in [2.75, 3.05) is 0 Å². The normalized spacial score (nSPS) is 11.1. The largest absolute Gasteiger partial charge is 0.456 e. The first-order chi connectivity index (χ1) is 7.22. The van der Waals surface area contributed by atoms with Crippen molar-refractivity contribution >= 4 is 6.21 Å². The van der Waals surface area contributed by atoms with Crippen LogP contribution in [0.3, 0.4) is 0 Å². The van der Waals surface area contributed by atoms with Crippen LogP contribution in [0.5, 0.6) is 5.75 Å². The second kappa shape index (κ2) is 5.75. The molecule has 0 saturated heterocycles. The van der Waals surface area contributed by atoms with Crippen molar-refractivity contribution in [2.24, 2.45) is 4.99 Å². The third kappa shape index (κ3) is 4.22. The Morgan fingerprint density at radius 3 is 2.67 bits per heavy atom. The molecule has 0 atom stereocenters. The lowest BCUT2D eigenvalue weighted by Gasteiger charge is -2.03. The van der Waals surface area contributed by atoms with Crippen molar-refractivity contribution in [3.05, 3.63) is 54.7 Å². The smallest absolute Gasteiger partial charge is 0.138 e. The number of benzene rings is 1. The van der Waals surface area contributed by atoms with Gasteiger partial charge in [0.1, 0.15) is 17.3 Å². The highest BCUT2D eigenvalue weighted by atomic mass is 19.1. The number of halogens is 1. The first kappa shape index (κ1) is 11.2. The average Bonchev–Trinajstić information content (AvgIpc) is 2.22. The lowest BCUT2D eigenvalue weighted by molar-refractivity contribution is 0.458. The van der Waals surface area contributed by atoms with Gasteiger partial charge in [-0.2, -0.15) is 0 Å². The van der Waals surface area contributed by atoms with Crippen LogP contribution in [0.15, 0.2) is 53.9 Å². The monoisotopic (exact) mass is 205 g/mol. The topological polar surface area (TPSA) is 21.6 Å². The fraction of sp³-hybridized carbons (Fsp3) is 0.0833. The zero-order chi connectivity index (χ0) is 11.1. The number of nitrogens with zero attached hydrogens (tertiary/aromatic N) is 1. The molecule has 0 fully saturated rings. The summed E-state index contributed by atoms with van der Waals surface area (Å²) in [5, 5.41) is 0. The fourth-order valence-corrected chi connectivity index (χ4v) is 0.893. The average molecular weight is 205 g/mol. The minimum Gasteiger partial charge on any atom is -0.456 e. The summed E-state index contributed by atoms with van der Waals surface area (Å²) in [7, 11) is 0. The van der Waals surface area contributed by atoms with Crippen molar-refractivity contribution in [1.29, 1.82) is 0 Å². The Morgan fingerprint density at radius 1 is 1.40 bits per heavy atom. The van der Waals surface area contributed by atoms with E-state index in [4.69, 9.17) is 4.74 Å². The number of ether oxygens (including phenoxy) is 1. The Hall–Kier alpha value is -1.90. The summed E-state index contributed by atoms with van der Waals surface area (Å²) in [6.45, 7) is 5.51. The highest BCUT2D eigenvalue weighted by Gasteiger charge is 1.95. The Kier molecular flexibility index (Phi) is 4.29. The first-order valence-electron chi connectivity index (χ1n) is 4.49. The maximum atomic E-state index is 12.6. The van der Waals surface area contributed by atoms with Gasteiger partial charge in [-0.3, -0.25) is 4.99 Å². The molecule has 3 heteroatoms. The highest BCUT2D eigenvalue weighted by molar-refractivity contribution is 5.76. The minimum absolute atomic E-state index is 0.296. The minimum atomic E-state index is -0.296.